The second-order valence-electron chi connectivity index (χ2n) is 4.85. The number of carbonyl (C=O) groups excluding carboxylic acids is 1. The number of amides is 1. The van der Waals surface area contributed by atoms with Gasteiger partial charge in [0.25, 0.3) is 0 Å². The van der Waals surface area contributed by atoms with Crippen molar-refractivity contribution in [2.45, 2.75) is 25.7 Å². The molecule has 0 aromatic carbocycles. The lowest BCUT2D eigenvalue weighted by molar-refractivity contribution is -0.117. The Balaban J connectivity index is 1.64. The zero-order valence-electron chi connectivity index (χ0n) is 9.40. The van der Waals surface area contributed by atoms with Crippen LogP contribution in [0.5, 0.6) is 0 Å². The summed E-state index contributed by atoms with van der Waals surface area (Å²) in [6.07, 6.45) is 7.90. The molecule has 2 fully saturated rings. The van der Waals surface area contributed by atoms with Gasteiger partial charge in [-0.15, -0.1) is 0 Å². The normalized spacial score (nSPS) is 30.5. The largest absolute Gasteiger partial charge is 0.309 e. The fraction of sp³-hybridized carbons (Fsp3) is 0.583. The quantitative estimate of drug-likeness (QED) is 0.879. The molecule has 0 spiro atoms. The Morgan fingerprint density at radius 3 is 2.65 bits per heavy atom. The molecule has 4 nitrogen and oxygen atoms in total. The van der Waals surface area contributed by atoms with Crippen molar-refractivity contribution in [2.24, 2.45) is 17.8 Å². The van der Waals surface area contributed by atoms with Gasteiger partial charge in [0.2, 0.25) is 5.91 Å². The summed E-state index contributed by atoms with van der Waals surface area (Å²) in [5.74, 6) is 1.94. The smallest absolute Gasteiger partial charge is 0.229 e. The molecule has 2 atom stereocenters. The Bertz CT molecular complexity index is 439. The first kappa shape index (κ1) is 11.0. The standard InChI is InChI=1S/C12H14ClN3O/c13-9-5-14-6-10(15-9)16-12(17)11-7-3-1-2-4-8(7)11/h5-8,11H,1-4H2,(H,15,16,17). The maximum absolute atomic E-state index is 12.0. The van der Waals surface area contributed by atoms with E-state index in [0.29, 0.717) is 22.8 Å². The lowest BCUT2D eigenvalue weighted by Crippen LogP contribution is -2.16. The molecule has 1 N–H and O–H groups in total. The number of hydrogen-bond donors (Lipinski definition) is 1. The first-order valence-electron chi connectivity index (χ1n) is 6.04. The Kier molecular flexibility index (Phi) is 2.74. The third kappa shape index (κ3) is 2.14. The highest BCUT2D eigenvalue weighted by atomic mass is 35.5. The van der Waals surface area contributed by atoms with E-state index in [4.69, 9.17) is 11.6 Å². The summed E-state index contributed by atoms with van der Waals surface area (Å²) in [7, 11) is 0. The molecule has 2 aliphatic carbocycles. The second-order valence-corrected chi connectivity index (χ2v) is 5.24. The number of hydrogen-bond acceptors (Lipinski definition) is 3. The molecule has 2 aliphatic rings. The number of nitrogens with one attached hydrogen (secondary N) is 1. The summed E-state index contributed by atoms with van der Waals surface area (Å²) in [6, 6.07) is 0. The predicted molar refractivity (Wildman–Crippen MR) is 64.6 cm³/mol. The molecule has 0 bridgehead atoms. The summed E-state index contributed by atoms with van der Waals surface area (Å²) >= 11 is 5.72. The summed E-state index contributed by atoms with van der Waals surface area (Å²) in [6.45, 7) is 0. The van der Waals surface area contributed by atoms with Gasteiger partial charge < -0.3 is 5.32 Å². The summed E-state index contributed by atoms with van der Waals surface area (Å²) in [5.41, 5.74) is 0. The van der Waals surface area contributed by atoms with E-state index in [9.17, 15) is 4.79 Å². The number of fused-ring (bicyclic) bond motifs is 1. The molecule has 1 aromatic heterocycles. The van der Waals surface area contributed by atoms with E-state index in [2.05, 4.69) is 15.3 Å². The van der Waals surface area contributed by atoms with Gasteiger partial charge in [-0.25, -0.2) is 4.98 Å². The molecule has 90 valence electrons. The fourth-order valence-electron chi connectivity index (χ4n) is 2.99. The molecule has 1 heterocycles. The minimum absolute atomic E-state index is 0.0819. The molecule has 2 unspecified atom stereocenters. The van der Waals surface area contributed by atoms with Gasteiger partial charge in [0.15, 0.2) is 5.82 Å². The number of rotatable bonds is 2. The summed E-state index contributed by atoms with van der Waals surface area (Å²) in [4.78, 5) is 19.9. The third-order valence-corrected chi connectivity index (χ3v) is 4.00. The van der Waals surface area contributed by atoms with Gasteiger partial charge in [-0.2, -0.15) is 0 Å². The topological polar surface area (TPSA) is 54.9 Å². The van der Waals surface area contributed by atoms with Gasteiger partial charge in [-0.1, -0.05) is 24.4 Å². The highest BCUT2D eigenvalue weighted by Crippen LogP contribution is 2.55. The van der Waals surface area contributed by atoms with Crippen molar-refractivity contribution in [3.63, 3.8) is 0 Å². The molecule has 3 rings (SSSR count). The second kappa shape index (κ2) is 4.26. The average Bonchev–Trinajstić information content (AvgIpc) is 3.03. The zero-order valence-corrected chi connectivity index (χ0v) is 10.2. The van der Waals surface area contributed by atoms with Crippen molar-refractivity contribution in [3.05, 3.63) is 17.5 Å². The van der Waals surface area contributed by atoms with Crippen LogP contribution in [0.25, 0.3) is 0 Å². The fourth-order valence-corrected chi connectivity index (χ4v) is 3.14. The number of halogens is 1. The number of aromatic nitrogens is 2. The molecule has 0 aliphatic heterocycles. The van der Waals surface area contributed by atoms with Crippen molar-refractivity contribution in [3.8, 4) is 0 Å². The van der Waals surface area contributed by atoms with Gasteiger partial charge in [0.05, 0.1) is 12.4 Å². The van der Waals surface area contributed by atoms with Crippen LogP contribution in [0.15, 0.2) is 12.4 Å². The Labute approximate surface area is 105 Å². The van der Waals surface area contributed by atoms with Crippen LogP contribution in [0.3, 0.4) is 0 Å². The van der Waals surface area contributed by atoms with Crippen molar-refractivity contribution in [2.75, 3.05) is 5.32 Å². The van der Waals surface area contributed by atoms with Crippen molar-refractivity contribution >= 4 is 23.3 Å². The Hall–Kier alpha value is -1.16. The molecular formula is C12H14ClN3O. The molecule has 1 aromatic rings. The van der Waals surface area contributed by atoms with Gasteiger partial charge in [-0.05, 0) is 24.7 Å². The van der Waals surface area contributed by atoms with E-state index in [1.807, 2.05) is 0 Å². The van der Waals surface area contributed by atoms with Gasteiger partial charge in [0.1, 0.15) is 5.15 Å². The minimum atomic E-state index is 0.0819. The van der Waals surface area contributed by atoms with Crippen LogP contribution in [0.1, 0.15) is 25.7 Å². The molecule has 1 amide bonds. The monoisotopic (exact) mass is 251 g/mol. The van der Waals surface area contributed by atoms with E-state index < -0.39 is 0 Å². The summed E-state index contributed by atoms with van der Waals surface area (Å²) in [5, 5.41) is 3.11. The molecule has 17 heavy (non-hydrogen) atoms. The highest BCUT2D eigenvalue weighted by molar-refractivity contribution is 6.29. The minimum Gasteiger partial charge on any atom is -0.309 e. The SMILES string of the molecule is O=C(Nc1cncc(Cl)n1)C1C2CCCCC21. The van der Waals surface area contributed by atoms with Crippen LogP contribution in [0.2, 0.25) is 5.15 Å². The van der Waals surface area contributed by atoms with Crippen LogP contribution in [0, 0.1) is 17.8 Å². The van der Waals surface area contributed by atoms with Crippen LogP contribution in [-0.4, -0.2) is 15.9 Å². The number of carbonyl (C=O) groups is 1. The number of anilines is 1. The van der Waals surface area contributed by atoms with Crippen molar-refractivity contribution in [1.82, 2.24) is 9.97 Å². The van der Waals surface area contributed by atoms with E-state index in [0.717, 1.165) is 0 Å². The predicted octanol–water partition coefficient (Wildman–Crippen LogP) is 2.50. The molecule has 2 saturated carbocycles. The lowest BCUT2D eigenvalue weighted by atomic mass is 10.0. The maximum atomic E-state index is 12.0. The van der Waals surface area contributed by atoms with E-state index in [1.54, 1.807) is 0 Å². The molecule has 0 saturated heterocycles. The van der Waals surface area contributed by atoms with Crippen LogP contribution < -0.4 is 5.32 Å². The van der Waals surface area contributed by atoms with Crippen LogP contribution in [-0.2, 0) is 4.79 Å². The molecule has 5 heteroatoms. The van der Waals surface area contributed by atoms with E-state index in [-0.39, 0.29) is 11.8 Å². The van der Waals surface area contributed by atoms with Gasteiger partial charge in [0, 0.05) is 5.92 Å². The molecular weight excluding hydrogens is 238 g/mol. The highest BCUT2D eigenvalue weighted by Gasteiger charge is 2.54. The molecule has 0 radical (unpaired) electrons. The van der Waals surface area contributed by atoms with Crippen LogP contribution >= 0.6 is 11.6 Å². The number of nitrogens with zero attached hydrogens (tertiary/aromatic N) is 2. The third-order valence-electron chi connectivity index (χ3n) is 3.82. The maximum Gasteiger partial charge on any atom is 0.229 e. The van der Waals surface area contributed by atoms with Gasteiger partial charge in [-0.3, -0.25) is 9.78 Å². The lowest BCUT2D eigenvalue weighted by Gasteiger charge is -2.04. The Morgan fingerprint density at radius 2 is 2.00 bits per heavy atom. The van der Waals surface area contributed by atoms with E-state index >= 15 is 0 Å². The first-order chi connectivity index (χ1) is 8.25. The Morgan fingerprint density at radius 1 is 1.29 bits per heavy atom. The average molecular weight is 252 g/mol. The van der Waals surface area contributed by atoms with E-state index in [1.165, 1.54) is 38.1 Å². The van der Waals surface area contributed by atoms with Crippen molar-refractivity contribution in [1.29, 1.82) is 0 Å². The van der Waals surface area contributed by atoms with Crippen LogP contribution in [0.4, 0.5) is 5.82 Å². The van der Waals surface area contributed by atoms with Gasteiger partial charge >= 0.3 is 0 Å². The van der Waals surface area contributed by atoms with Crippen molar-refractivity contribution < 1.29 is 4.79 Å². The summed E-state index contributed by atoms with van der Waals surface area (Å²) < 4.78 is 0. The first-order valence-corrected chi connectivity index (χ1v) is 6.42. The zero-order chi connectivity index (χ0) is 11.8.